The van der Waals surface area contributed by atoms with Crippen molar-refractivity contribution in [3.8, 4) is 22.8 Å². The monoisotopic (exact) mass is 302 g/mol. The maximum absolute atomic E-state index is 6.02. The van der Waals surface area contributed by atoms with Crippen molar-refractivity contribution in [1.82, 2.24) is 19.5 Å². The summed E-state index contributed by atoms with van der Waals surface area (Å²) in [5.74, 6) is 1.28. The van der Waals surface area contributed by atoms with E-state index in [1.54, 1.807) is 12.5 Å². The Morgan fingerprint density at radius 1 is 1.00 bits per heavy atom. The molecule has 0 aliphatic carbocycles. The number of pyridine rings is 2. The van der Waals surface area contributed by atoms with E-state index in [1.165, 1.54) is 0 Å². The fourth-order valence-corrected chi connectivity index (χ4v) is 2.47. The molecule has 0 aliphatic heterocycles. The molecular weight excluding hydrogens is 288 g/mol. The Bertz CT molecular complexity index is 963. The number of imidazole rings is 1. The van der Waals surface area contributed by atoms with Crippen molar-refractivity contribution in [3.63, 3.8) is 0 Å². The lowest BCUT2D eigenvalue weighted by molar-refractivity contribution is 0.466. The Morgan fingerprint density at radius 3 is 2.78 bits per heavy atom. The molecule has 0 atom stereocenters. The molecule has 0 spiro atoms. The van der Waals surface area contributed by atoms with Gasteiger partial charge in [0, 0.05) is 36.6 Å². The van der Waals surface area contributed by atoms with E-state index in [0.29, 0.717) is 5.88 Å². The predicted molar refractivity (Wildman–Crippen MR) is 88.3 cm³/mol. The van der Waals surface area contributed by atoms with Crippen LogP contribution in [0.1, 0.15) is 0 Å². The Hall–Kier alpha value is -3.21. The van der Waals surface area contributed by atoms with E-state index in [-0.39, 0.29) is 0 Å². The molecule has 0 fully saturated rings. The van der Waals surface area contributed by atoms with Crippen molar-refractivity contribution < 1.29 is 4.74 Å². The molecule has 3 aromatic heterocycles. The summed E-state index contributed by atoms with van der Waals surface area (Å²) in [6.45, 7) is 0. The van der Waals surface area contributed by atoms with E-state index in [2.05, 4.69) is 15.0 Å². The van der Waals surface area contributed by atoms with Gasteiger partial charge in [0.2, 0.25) is 5.88 Å². The van der Waals surface area contributed by atoms with Crippen LogP contribution in [0.4, 0.5) is 0 Å². The van der Waals surface area contributed by atoms with E-state index in [4.69, 9.17) is 4.74 Å². The summed E-state index contributed by atoms with van der Waals surface area (Å²) in [5.41, 5.74) is 3.62. The molecule has 112 valence electrons. The Balaban J connectivity index is 1.75. The van der Waals surface area contributed by atoms with Gasteiger partial charge in [0.15, 0.2) is 5.65 Å². The zero-order chi connectivity index (χ0) is 15.6. The number of rotatable bonds is 3. The molecule has 4 aromatic rings. The topological polar surface area (TPSA) is 52.8 Å². The minimum atomic E-state index is 0.539. The van der Waals surface area contributed by atoms with Gasteiger partial charge in [0.1, 0.15) is 11.3 Å². The second-order valence-electron chi connectivity index (χ2n) is 5.19. The van der Waals surface area contributed by atoms with Gasteiger partial charge in [0.25, 0.3) is 0 Å². The Morgan fingerprint density at radius 2 is 1.91 bits per heavy atom. The van der Waals surface area contributed by atoms with E-state index < -0.39 is 0 Å². The lowest BCUT2D eigenvalue weighted by Crippen LogP contribution is -1.93. The third-order valence-electron chi connectivity index (χ3n) is 3.61. The van der Waals surface area contributed by atoms with Crippen molar-refractivity contribution in [2.75, 3.05) is 0 Å². The SMILES string of the molecule is Cn1cnc2ccc(Oc3ccccc3-c3cccnc3)nc21. The van der Waals surface area contributed by atoms with E-state index in [9.17, 15) is 0 Å². The molecular formula is C18H14N4O. The third kappa shape index (κ3) is 2.53. The molecule has 5 heteroatoms. The van der Waals surface area contributed by atoms with Crippen LogP contribution < -0.4 is 4.74 Å². The van der Waals surface area contributed by atoms with Crippen molar-refractivity contribution in [2.24, 2.45) is 7.05 Å². The van der Waals surface area contributed by atoms with Crippen LogP contribution in [0.15, 0.2) is 67.3 Å². The fourth-order valence-electron chi connectivity index (χ4n) is 2.47. The number of benzene rings is 1. The minimum Gasteiger partial charge on any atom is -0.438 e. The van der Waals surface area contributed by atoms with Gasteiger partial charge in [-0.25, -0.2) is 4.98 Å². The molecule has 0 radical (unpaired) electrons. The molecule has 1 aromatic carbocycles. The van der Waals surface area contributed by atoms with Crippen molar-refractivity contribution >= 4 is 11.2 Å². The van der Waals surface area contributed by atoms with Gasteiger partial charge >= 0.3 is 0 Å². The van der Waals surface area contributed by atoms with Crippen LogP contribution in [0.3, 0.4) is 0 Å². The normalized spacial score (nSPS) is 10.8. The average molecular weight is 302 g/mol. The van der Waals surface area contributed by atoms with Gasteiger partial charge < -0.3 is 9.30 Å². The van der Waals surface area contributed by atoms with Crippen molar-refractivity contribution in [2.45, 2.75) is 0 Å². The largest absolute Gasteiger partial charge is 0.438 e. The summed E-state index contributed by atoms with van der Waals surface area (Å²) in [6, 6.07) is 15.5. The summed E-state index contributed by atoms with van der Waals surface area (Å²) in [6.07, 6.45) is 5.32. The highest BCUT2D eigenvalue weighted by atomic mass is 16.5. The minimum absolute atomic E-state index is 0.539. The summed E-state index contributed by atoms with van der Waals surface area (Å²) in [5, 5.41) is 0. The lowest BCUT2D eigenvalue weighted by Gasteiger charge is -2.10. The number of fused-ring (bicyclic) bond motifs is 1. The quantitative estimate of drug-likeness (QED) is 0.577. The van der Waals surface area contributed by atoms with E-state index in [1.807, 2.05) is 66.3 Å². The van der Waals surface area contributed by atoms with E-state index in [0.717, 1.165) is 28.0 Å². The first-order valence-electron chi connectivity index (χ1n) is 7.26. The van der Waals surface area contributed by atoms with Crippen molar-refractivity contribution in [3.05, 3.63) is 67.3 Å². The molecule has 4 rings (SSSR count). The van der Waals surface area contributed by atoms with Crippen LogP contribution in [-0.2, 0) is 7.05 Å². The Labute approximate surface area is 133 Å². The zero-order valence-corrected chi connectivity index (χ0v) is 12.5. The summed E-state index contributed by atoms with van der Waals surface area (Å²) < 4.78 is 7.89. The van der Waals surface area contributed by atoms with Crippen molar-refractivity contribution in [1.29, 1.82) is 0 Å². The number of para-hydroxylation sites is 1. The molecule has 5 nitrogen and oxygen atoms in total. The van der Waals surface area contributed by atoms with Crippen LogP contribution in [-0.4, -0.2) is 19.5 Å². The highest BCUT2D eigenvalue weighted by Gasteiger charge is 2.09. The first-order valence-corrected chi connectivity index (χ1v) is 7.26. The second kappa shape index (κ2) is 5.53. The molecule has 3 heterocycles. The van der Waals surface area contributed by atoms with Gasteiger partial charge in [-0.15, -0.1) is 0 Å². The highest BCUT2D eigenvalue weighted by molar-refractivity contribution is 5.72. The maximum Gasteiger partial charge on any atom is 0.221 e. The molecule has 0 bridgehead atoms. The smallest absolute Gasteiger partial charge is 0.221 e. The third-order valence-corrected chi connectivity index (χ3v) is 3.61. The first kappa shape index (κ1) is 13.5. The predicted octanol–water partition coefficient (Wildman–Crippen LogP) is 3.82. The van der Waals surface area contributed by atoms with Gasteiger partial charge in [0.05, 0.1) is 6.33 Å². The Kier molecular flexibility index (Phi) is 3.24. The standard InChI is InChI=1S/C18H14N4O/c1-22-12-20-15-8-9-17(21-18(15)22)23-16-7-3-2-6-14(16)13-5-4-10-19-11-13/h2-12H,1H3. The summed E-state index contributed by atoms with van der Waals surface area (Å²) >= 11 is 0. The van der Waals surface area contributed by atoms with Gasteiger partial charge in [-0.1, -0.05) is 24.3 Å². The average Bonchev–Trinajstić information content (AvgIpc) is 2.97. The maximum atomic E-state index is 6.02. The number of aryl methyl sites for hydroxylation is 1. The van der Waals surface area contributed by atoms with Crippen LogP contribution in [0, 0.1) is 0 Å². The van der Waals surface area contributed by atoms with Crippen LogP contribution in [0.2, 0.25) is 0 Å². The molecule has 0 aliphatic rings. The highest BCUT2D eigenvalue weighted by Crippen LogP contribution is 2.32. The molecule has 0 saturated carbocycles. The second-order valence-corrected chi connectivity index (χ2v) is 5.19. The molecule has 0 amide bonds. The number of hydrogen-bond donors (Lipinski definition) is 0. The van der Waals surface area contributed by atoms with E-state index >= 15 is 0 Å². The molecule has 0 unspecified atom stereocenters. The molecule has 0 saturated heterocycles. The summed E-state index contributed by atoms with van der Waals surface area (Å²) in [4.78, 5) is 13.0. The number of nitrogens with zero attached hydrogens (tertiary/aromatic N) is 4. The zero-order valence-electron chi connectivity index (χ0n) is 12.5. The van der Waals surface area contributed by atoms with Gasteiger partial charge in [-0.3, -0.25) is 4.98 Å². The van der Waals surface area contributed by atoms with Gasteiger partial charge in [-0.2, -0.15) is 4.98 Å². The lowest BCUT2D eigenvalue weighted by atomic mass is 10.1. The number of ether oxygens (including phenoxy) is 1. The van der Waals surface area contributed by atoms with Gasteiger partial charge in [-0.05, 0) is 18.2 Å². The first-order chi connectivity index (χ1) is 11.3. The van der Waals surface area contributed by atoms with Crippen LogP contribution >= 0.6 is 0 Å². The summed E-state index contributed by atoms with van der Waals surface area (Å²) in [7, 11) is 1.91. The van der Waals surface area contributed by atoms with Crippen LogP contribution in [0.25, 0.3) is 22.3 Å². The molecule has 0 N–H and O–H groups in total. The molecule has 23 heavy (non-hydrogen) atoms. The number of aromatic nitrogens is 4. The fraction of sp³-hybridized carbons (Fsp3) is 0.0556. The number of hydrogen-bond acceptors (Lipinski definition) is 4. The van der Waals surface area contributed by atoms with Crippen LogP contribution in [0.5, 0.6) is 11.6 Å².